The van der Waals surface area contributed by atoms with Crippen LogP contribution >= 0.6 is 10.3 Å². The van der Waals surface area contributed by atoms with Gasteiger partial charge in [0.05, 0.1) is 25.0 Å². The standard InChI is InChI=1S/C26H22O2S/c1-21-17-19-22(20-18-21)26(27)28-29(23-11-5-2-6-12-23,24-13-7-3-8-14-24)25-15-9-4-10-16-25/h2-20H,1H3/p+1. The van der Waals surface area contributed by atoms with Crippen LogP contribution in [0.1, 0.15) is 11.1 Å². The molecule has 0 saturated heterocycles. The molecule has 0 fully saturated rings. The molecule has 0 aliphatic rings. The molecule has 2 nitrogen and oxygen atoms in total. The largest absolute Gasteiger partial charge is 0.531 e. The summed E-state index contributed by atoms with van der Waals surface area (Å²) in [6, 6.07) is 38.2. The number of carbonyl (C=O) groups excluding carboxylic acids is 1. The van der Waals surface area contributed by atoms with Gasteiger partial charge < -0.3 is 4.79 Å². The Balaban J connectivity index is 1.92. The Labute approximate surface area is 173 Å². The minimum Gasteiger partial charge on any atom is -0.334 e. The summed E-state index contributed by atoms with van der Waals surface area (Å²) in [6.07, 6.45) is 0. The lowest BCUT2D eigenvalue weighted by molar-refractivity contribution is 0.504. The van der Waals surface area contributed by atoms with Gasteiger partial charge in [0.2, 0.25) is 0 Å². The zero-order chi connectivity index (χ0) is 20.1. The van der Waals surface area contributed by atoms with Crippen LogP contribution in [0.2, 0.25) is 0 Å². The van der Waals surface area contributed by atoms with Crippen molar-refractivity contribution < 1.29 is 8.98 Å². The van der Waals surface area contributed by atoms with E-state index in [2.05, 4.69) is 36.4 Å². The van der Waals surface area contributed by atoms with Crippen LogP contribution in [0.15, 0.2) is 130 Å². The lowest BCUT2D eigenvalue weighted by atomic mass is 10.2. The molecule has 0 unspecified atom stereocenters. The van der Waals surface area contributed by atoms with Crippen molar-refractivity contribution in [3.63, 3.8) is 0 Å². The van der Waals surface area contributed by atoms with Crippen LogP contribution in [0.4, 0.5) is 0 Å². The average molecular weight is 400 g/mol. The fourth-order valence-corrected chi connectivity index (χ4v) is 6.31. The predicted molar refractivity (Wildman–Crippen MR) is 120 cm³/mol. The van der Waals surface area contributed by atoms with Gasteiger partial charge in [-0.05, 0) is 55.5 Å². The predicted octanol–water partition coefficient (Wildman–Crippen LogP) is 6.76. The maximum absolute atomic E-state index is 11.0. The summed E-state index contributed by atoms with van der Waals surface area (Å²) in [5.74, 6) is -0.0726. The van der Waals surface area contributed by atoms with E-state index in [4.69, 9.17) is 4.18 Å². The first kappa shape index (κ1) is 19.0. The number of aryl methyl sites for hydroxylation is 1. The quantitative estimate of drug-likeness (QED) is 0.341. The van der Waals surface area contributed by atoms with Gasteiger partial charge in [-0.2, -0.15) is 0 Å². The maximum atomic E-state index is 11.0. The lowest BCUT2D eigenvalue weighted by Crippen LogP contribution is -2.14. The summed E-state index contributed by atoms with van der Waals surface area (Å²) in [7, 11) is -2.18. The molecule has 0 spiro atoms. The van der Waals surface area contributed by atoms with Crippen LogP contribution in [-0.4, -0.2) is 10.8 Å². The monoisotopic (exact) mass is 399 g/mol. The number of rotatable bonds is 5. The fourth-order valence-electron chi connectivity index (χ4n) is 3.25. The van der Waals surface area contributed by atoms with E-state index in [0.717, 1.165) is 20.2 Å². The Hall–Kier alpha value is -3.30. The van der Waals surface area contributed by atoms with Gasteiger partial charge in [0.1, 0.15) is 5.56 Å². The molecule has 0 amide bonds. The Morgan fingerprint density at radius 3 is 1.34 bits per heavy atom. The minimum atomic E-state index is -2.18. The second-order valence-electron chi connectivity index (χ2n) is 6.75. The number of benzene rings is 4. The summed E-state index contributed by atoms with van der Waals surface area (Å²) < 4.78 is 6.58. The molecule has 0 atom stereocenters. The van der Waals surface area contributed by atoms with E-state index in [1.165, 1.54) is 0 Å². The first-order valence-corrected chi connectivity index (χ1v) is 11.1. The highest BCUT2D eigenvalue weighted by molar-refractivity contribution is 8.30. The Morgan fingerprint density at radius 1 is 0.586 bits per heavy atom. The lowest BCUT2D eigenvalue weighted by Gasteiger charge is -2.33. The van der Waals surface area contributed by atoms with Crippen LogP contribution in [0.5, 0.6) is 0 Å². The molecule has 0 aromatic heterocycles. The number of hydrogen-bond donors (Lipinski definition) is 0. The molecule has 0 aliphatic heterocycles. The van der Waals surface area contributed by atoms with Gasteiger partial charge in [0.25, 0.3) is 0 Å². The average Bonchev–Trinajstić information content (AvgIpc) is 2.79. The molecule has 3 heteroatoms. The molecule has 29 heavy (non-hydrogen) atoms. The molecule has 144 valence electrons. The Kier molecular flexibility index (Phi) is 5.50. The Bertz CT molecular complexity index is 979. The molecule has 4 aromatic rings. The van der Waals surface area contributed by atoms with Crippen LogP contribution in [0, 0.1) is 6.92 Å². The van der Waals surface area contributed by atoms with Crippen molar-refractivity contribution in [1.29, 1.82) is 0 Å². The molecule has 1 N–H and O–H groups in total. The van der Waals surface area contributed by atoms with E-state index in [0.29, 0.717) is 5.56 Å². The molecule has 0 radical (unpaired) electrons. The van der Waals surface area contributed by atoms with Crippen LogP contribution in [-0.2, 0) is 4.18 Å². The molecule has 0 bridgehead atoms. The summed E-state index contributed by atoms with van der Waals surface area (Å²) in [5.41, 5.74) is 1.80. The van der Waals surface area contributed by atoms with Gasteiger partial charge in [-0.25, -0.2) is 4.18 Å². The van der Waals surface area contributed by atoms with E-state index in [9.17, 15) is 4.79 Å². The minimum absolute atomic E-state index is 0.0726. The van der Waals surface area contributed by atoms with Gasteiger partial charge in [-0.1, -0.05) is 72.3 Å². The highest BCUT2D eigenvalue weighted by Gasteiger charge is 2.42. The molecule has 4 rings (SSSR count). The second kappa shape index (κ2) is 8.38. The Morgan fingerprint density at radius 2 is 0.966 bits per heavy atom. The van der Waals surface area contributed by atoms with Gasteiger partial charge >= 0.3 is 5.97 Å². The summed E-state index contributed by atoms with van der Waals surface area (Å²) >= 11 is 0. The summed E-state index contributed by atoms with van der Waals surface area (Å²) in [5, 5.41) is 0. The van der Waals surface area contributed by atoms with Gasteiger partial charge in [-0.3, -0.25) is 0 Å². The maximum Gasteiger partial charge on any atom is 0.531 e. The smallest absolute Gasteiger partial charge is 0.334 e. The third kappa shape index (κ3) is 3.82. The molecular weight excluding hydrogens is 376 g/mol. The van der Waals surface area contributed by atoms with Crippen molar-refractivity contribution in [1.82, 2.24) is 0 Å². The van der Waals surface area contributed by atoms with Crippen molar-refractivity contribution in [3.8, 4) is 0 Å². The van der Waals surface area contributed by atoms with E-state index < -0.39 is 10.3 Å². The summed E-state index contributed by atoms with van der Waals surface area (Å²) in [4.78, 5) is 14.1. The SMILES string of the molecule is Cc1ccc(C(=[OH+])OS(c2ccccc2)(c2ccccc2)c2ccccc2)cc1. The highest BCUT2D eigenvalue weighted by atomic mass is 32.3. The fraction of sp³-hybridized carbons (Fsp3) is 0.0385. The van der Waals surface area contributed by atoms with E-state index in [1.54, 1.807) is 0 Å². The second-order valence-corrected chi connectivity index (χ2v) is 9.44. The first-order chi connectivity index (χ1) is 14.2. The van der Waals surface area contributed by atoms with Crippen LogP contribution < -0.4 is 0 Å². The molecule has 4 aromatic carbocycles. The third-order valence-corrected chi connectivity index (χ3v) is 7.94. The van der Waals surface area contributed by atoms with Crippen LogP contribution in [0.3, 0.4) is 0 Å². The number of hydrogen-bond acceptors (Lipinski definition) is 1. The zero-order valence-electron chi connectivity index (χ0n) is 16.2. The third-order valence-electron chi connectivity index (χ3n) is 4.73. The highest BCUT2D eigenvalue weighted by Crippen LogP contribution is 2.69. The van der Waals surface area contributed by atoms with E-state index in [-0.39, 0.29) is 5.97 Å². The van der Waals surface area contributed by atoms with E-state index >= 15 is 0 Å². The van der Waals surface area contributed by atoms with Gasteiger partial charge in [0.15, 0.2) is 0 Å². The van der Waals surface area contributed by atoms with E-state index in [1.807, 2.05) is 85.8 Å². The molecule has 0 aliphatic carbocycles. The normalized spacial score (nSPS) is 11.6. The van der Waals surface area contributed by atoms with Gasteiger partial charge in [0, 0.05) is 0 Å². The van der Waals surface area contributed by atoms with Gasteiger partial charge in [-0.15, -0.1) is 0 Å². The topological polar surface area (TPSA) is 30.6 Å². The van der Waals surface area contributed by atoms with Crippen molar-refractivity contribution in [3.05, 3.63) is 126 Å². The van der Waals surface area contributed by atoms with Crippen molar-refractivity contribution in [2.75, 3.05) is 0 Å². The molecule has 0 heterocycles. The molecule has 0 saturated carbocycles. The van der Waals surface area contributed by atoms with Crippen molar-refractivity contribution in [2.45, 2.75) is 21.6 Å². The van der Waals surface area contributed by atoms with Crippen molar-refractivity contribution >= 4 is 16.3 Å². The zero-order valence-corrected chi connectivity index (χ0v) is 17.0. The first-order valence-electron chi connectivity index (χ1n) is 9.51. The molecular formula is C26H23O2S+. The van der Waals surface area contributed by atoms with Crippen LogP contribution in [0.25, 0.3) is 0 Å². The summed E-state index contributed by atoms with van der Waals surface area (Å²) in [6.45, 7) is 2.02. The van der Waals surface area contributed by atoms with Crippen molar-refractivity contribution in [2.24, 2.45) is 0 Å².